The van der Waals surface area contributed by atoms with E-state index in [2.05, 4.69) is 0 Å². The lowest BCUT2D eigenvalue weighted by atomic mass is 10.0. The Bertz CT molecular complexity index is 1260. The van der Waals surface area contributed by atoms with Crippen LogP contribution in [0.4, 0.5) is 0 Å². The van der Waals surface area contributed by atoms with Crippen LogP contribution in [0.2, 0.25) is 10.0 Å². The van der Waals surface area contributed by atoms with Crippen LogP contribution in [-0.4, -0.2) is 45.4 Å². The average molecular weight is 516 g/mol. The normalized spacial score (nSPS) is 13.6. The molecule has 3 aromatic rings. The van der Waals surface area contributed by atoms with Crippen molar-refractivity contribution >= 4 is 58.3 Å². The van der Waals surface area contributed by atoms with Crippen LogP contribution in [0.3, 0.4) is 0 Å². The summed E-state index contributed by atoms with van der Waals surface area (Å²) >= 11 is 18.2. The van der Waals surface area contributed by atoms with Crippen molar-refractivity contribution in [2.75, 3.05) is 5.88 Å². The van der Waals surface area contributed by atoms with Crippen LogP contribution in [0.25, 0.3) is 0 Å². The molecule has 34 heavy (non-hydrogen) atoms. The molecule has 1 aliphatic heterocycles. The fourth-order valence-electron chi connectivity index (χ4n) is 3.78. The van der Waals surface area contributed by atoms with Crippen LogP contribution < -0.4 is 0 Å². The SMILES string of the molecule is O=C(c1ccc(Cl)cc1)[C@H](CCCl)N(C(=O)c1ccccc1Cl)N1C(=O)c2ccccc2C1=O. The molecule has 1 atom stereocenters. The monoisotopic (exact) mass is 514 g/mol. The third-order valence-corrected chi connectivity index (χ3v) is 6.21. The number of carbonyl (C=O) groups excluding carboxylic acids is 4. The van der Waals surface area contributed by atoms with E-state index in [1.165, 1.54) is 48.5 Å². The summed E-state index contributed by atoms with van der Waals surface area (Å²) in [6, 6.07) is 17.2. The van der Waals surface area contributed by atoms with E-state index in [1.807, 2.05) is 0 Å². The van der Waals surface area contributed by atoms with E-state index >= 15 is 0 Å². The first-order chi connectivity index (χ1) is 16.3. The number of alkyl halides is 1. The molecular weight excluding hydrogens is 499 g/mol. The standard InChI is InChI=1S/C25H17Cl3N2O4/c26-14-13-21(22(31)15-9-11-16(27)12-10-15)29(25(34)19-7-3-4-8-20(19)28)30-23(32)17-5-1-2-6-18(17)24(30)33/h1-12,21H,13-14H2/t21-/m0/s1. The number of amides is 3. The molecule has 172 valence electrons. The second-order valence-electron chi connectivity index (χ2n) is 7.46. The number of hydrazine groups is 1. The van der Waals surface area contributed by atoms with Gasteiger partial charge in [-0.05, 0) is 55.0 Å². The van der Waals surface area contributed by atoms with E-state index in [1.54, 1.807) is 24.3 Å². The Kier molecular flexibility index (Phi) is 7.03. The van der Waals surface area contributed by atoms with Crippen molar-refractivity contribution < 1.29 is 19.2 Å². The summed E-state index contributed by atoms with van der Waals surface area (Å²) in [4.78, 5) is 53.9. The molecule has 0 saturated carbocycles. The topological polar surface area (TPSA) is 74.8 Å². The van der Waals surface area contributed by atoms with Gasteiger partial charge < -0.3 is 0 Å². The van der Waals surface area contributed by atoms with Gasteiger partial charge in [0.25, 0.3) is 17.7 Å². The number of hydrogen-bond acceptors (Lipinski definition) is 4. The lowest BCUT2D eigenvalue weighted by Gasteiger charge is -2.36. The molecule has 6 nitrogen and oxygen atoms in total. The molecule has 3 amide bonds. The van der Waals surface area contributed by atoms with Crippen LogP contribution in [-0.2, 0) is 0 Å². The van der Waals surface area contributed by atoms with Crippen LogP contribution in [0, 0.1) is 0 Å². The molecule has 0 N–H and O–H groups in total. The highest BCUT2D eigenvalue weighted by Crippen LogP contribution is 2.30. The molecule has 0 saturated heterocycles. The number of ketones is 1. The lowest BCUT2D eigenvalue weighted by Crippen LogP contribution is -2.57. The summed E-state index contributed by atoms with van der Waals surface area (Å²) in [6.45, 7) is 0. The Morgan fingerprint density at radius 1 is 0.824 bits per heavy atom. The van der Waals surface area contributed by atoms with Crippen LogP contribution in [0.5, 0.6) is 0 Å². The summed E-state index contributed by atoms with van der Waals surface area (Å²) in [5.74, 6) is -2.74. The van der Waals surface area contributed by atoms with Crippen molar-refractivity contribution in [3.05, 3.63) is 105 Å². The van der Waals surface area contributed by atoms with E-state index in [9.17, 15) is 19.2 Å². The minimum atomic E-state index is -1.26. The molecule has 0 fully saturated rings. The van der Waals surface area contributed by atoms with Gasteiger partial charge in [-0.2, -0.15) is 5.01 Å². The van der Waals surface area contributed by atoms with Gasteiger partial charge in [-0.15, -0.1) is 11.6 Å². The number of benzene rings is 3. The molecule has 0 spiro atoms. The zero-order valence-corrected chi connectivity index (χ0v) is 19.8. The molecule has 0 bridgehead atoms. The maximum atomic E-state index is 13.8. The van der Waals surface area contributed by atoms with Crippen LogP contribution in [0.1, 0.15) is 47.9 Å². The minimum absolute atomic E-state index is 0.0144. The molecule has 3 aromatic carbocycles. The minimum Gasteiger partial charge on any atom is -0.292 e. The Labute approximate surface area is 210 Å². The third-order valence-electron chi connectivity index (χ3n) is 5.41. The molecule has 1 heterocycles. The van der Waals surface area contributed by atoms with E-state index in [4.69, 9.17) is 34.8 Å². The second kappa shape index (κ2) is 9.97. The fourth-order valence-corrected chi connectivity index (χ4v) is 4.33. The van der Waals surface area contributed by atoms with Gasteiger partial charge in [0.05, 0.1) is 21.7 Å². The summed E-state index contributed by atoms with van der Waals surface area (Å²) in [5.41, 5.74) is 0.540. The van der Waals surface area contributed by atoms with E-state index < -0.39 is 29.5 Å². The van der Waals surface area contributed by atoms with Crippen molar-refractivity contribution in [3.63, 3.8) is 0 Å². The predicted octanol–water partition coefficient (Wildman–Crippen LogP) is 5.53. The van der Waals surface area contributed by atoms with Gasteiger partial charge in [0.15, 0.2) is 5.78 Å². The molecule has 4 rings (SSSR count). The van der Waals surface area contributed by atoms with Crippen LogP contribution >= 0.6 is 34.8 Å². The Morgan fingerprint density at radius 3 is 1.94 bits per heavy atom. The predicted molar refractivity (Wildman–Crippen MR) is 129 cm³/mol. The van der Waals surface area contributed by atoms with Gasteiger partial charge in [0.1, 0.15) is 6.04 Å². The number of rotatable bonds is 7. The third kappa shape index (κ3) is 4.32. The Balaban J connectivity index is 1.86. The largest absolute Gasteiger partial charge is 0.292 e. The number of imide groups is 1. The van der Waals surface area contributed by atoms with Gasteiger partial charge in [-0.25, -0.2) is 5.01 Å². The highest BCUT2D eigenvalue weighted by Gasteiger charge is 2.46. The van der Waals surface area contributed by atoms with Crippen molar-refractivity contribution in [2.24, 2.45) is 0 Å². The van der Waals surface area contributed by atoms with Gasteiger partial charge in [0, 0.05) is 16.5 Å². The number of fused-ring (bicyclic) bond motifs is 1. The molecule has 0 aliphatic carbocycles. The first kappa shape index (κ1) is 24.0. The van der Waals surface area contributed by atoms with Gasteiger partial charge in [-0.3, -0.25) is 19.2 Å². The van der Waals surface area contributed by atoms with Crippen LogP contribution in [0.15, 0.2) is 72.8 Å². The first-order valence-corrected chi connectivity index (χ1v) is 11.6. The van der Waals surface area contributed by atoms with E-state index in [-0.39, 0.29) is 39.6 Å². The smallest absolute Gasteiger partial charge is 0.280 e. The molecule has 1 aliphatic rings. The highest BCUT2D eigenvalue weighted by molar-refractivity contribution is 6.34. The number of carbonyl (C=O) groups is 4. The maximum absolute atomic E-state index is 13.8. The molecule has 0 unspecified atom stereocenters. The van der Waals surface area contributed by atoms with E-state index in [0.29, 0.717) is 10.0 Å². The highest BCUT2D eigenvalue weighted by atomic mass is 35.5. The van der Waals surface area contributed by atoms with Crippen molar-refractivity contribution in [2.45, 2.75) is 12.5 Å². The molecule has 0 radical (unpaired) electrons. The van der Waals surface area contributed by atoms with Gasteiger partial charge in [0.2, 0.25) is 0 Å². The average Bonchev–Trinajstić information content (AvgIpc) is 3.09. The van der Waals surface area contributed by atoms with Gasteiger partial charge >= 0.3 is 0 Å². The quantitative estimate of drug-likeness (QED) is 0.236. The van der Waals surface area contributed by atoms with Crippen molar-refractivity contribution in [3.8, 4) is 0 Å². The Morgan fingerprint density at radius 2 is 1.38 bits per heavy atom. The van der Waals surface area contributed by atoms with E-state index in [0.717, 1.165) is 5.01 Å². The van der Waals surface area contributed by atoms with Gasteiger partial charge in [-0.1, -0.05) is 47.5 Å². The number of halogens is 3. The summed E-state index contributed by atoms with van der Waals surface area (Å²) in [5, 5.41) is 2.12. The summed E-state index contributed by atoms with van der Waals surface area (Å²) in [6.07, 6.45) is -0.0212. The first-order valence-electron chi connectivity index (χ1n) is 10.3. The number of hydrogen-bond donors (Lipinski definition) is 0. The fraction of sp³-hybridized carbons (Fsp3) is 0.120. The molecule has 0 aromatic heterocycles. The van der Waals surface area contributed by atoms with Crippen molar-refractivity contribution in [1.82, 2.24) is 10.0 Å². The number of nitrogens with zero attached hydrogens (tertiary/aromatic N) is 2. The van der Waals surface area contributed by atoms with Crippen molar-refractivity contribution in [1.29, 1.82) is 0 Å². The second-order valence-corrected chi connectivity index (χ2v) is 8.68. The maximum Gasteiger partial charge on any atom is 0.280 e. The zero-order valence-electron chi connectivity index (χ0n) is 17.6. The molecular formula is C25H17Cl3N2O4. The Hall–Kier alpha value is -3.19. The lowest BCUT2D eigenvalue weighted by molar-refractivity contribution is -0.00960. The summed E-state index contributed by atoms with van der Waals surface area (Å²) in [7, 11) is 0. The summed E-state index contributed by atoms with van der Waals surface area (Å²) < 4.78 is 0. The zero-order chi connectivity index (χ0) is 24.4. The molecule has 9 heteroatoms. The number of Topliss-reactive ketones (excluding diaryl/α,β-unsaturated/α-hetero) is 1.